The molecule has 0 radical (unpaired) electrons. The molecular formula is C23H41IN4O. The summed E-state index contributed by atoms with van der Waals surface area (Å²) in [7, 11) is 1.77. The number of methoxy groups -OCH3 is 1. The van der Waals surface area contributed by atoms with Crippen LogP contribution >= 0.6 is 24.0 Å². The lowest BCUT2D eigenvalue weighted by Gasteiger charge is -2.33. The Labute approximate surface area is 195 Å². The summed E-state index contributed by atoms with van der Waals surface area (Å²) >= 11 is 0. The van der Waals surface area contributed by atoms with Gasteiger partial charge in [0.2, 0.25) is 0 Å². The van der Waals surface area contributed by atoms with E-state index in [1.807, 2.05) is 0 Å². The van der Waals surface area contributed by atoms with Crippen molar-refractivity contribution in [2.75, 3.05) is 39.9 Å². The third kappa shape index (κ3) is 9.66. The number of hydrogen-bond acceptors (Lipinski definition) is 3. The van der Waals surface area contributed by atoms with Gasteiger partial charge in [0.1, 0.15) is 0 Å². The van der Waals surface area contributed by atoms with Gasteiger partial charge in [0.15, 0.2) is 5.96 Å². The van der Waals surface area contributed by atoms with Crippen molar-refractivity contribution in [1.29, 1.82) is 0 Å². The molecule has 29 heavy (non-hydrogen) atoms. The summed E-state index contributed by atoms with van der Waals surface area (Å²) in [6.45, 7) is 14.7. The van der Waals surface area contributed by atoms with E-state index in [0.717, 1.165) is 58.0 Å². The number of nitrogens with zero attached hydrogens (tertiary/aromatic N) is 2. The molecule has 0 amide bonds. The van der Waals surface area contributed by atoms with Crippen LogP contribution in [-0.4, -0.2) is 56.8 Å². The molecule has 0 saturated carbocycles. The second-order valence-corrected chi connectivity index (χ2v) is 8.75. The van der Waals surface area contributed by atoms with Crippen LogP contribution in [0.15, 0.2) is 29.3 Å². The van der Waals surface area contributed by atoms with Crippen LogP contribution in [0, 0.1) is 0 Å². The SMILES string of the molecule is CCNC(=NCc1ccc(C(C)(C)C)cc1)NC1CCN(CCCOC)CC1.I. The number of likely N-dealkylation sites (tertiary alicyclic amines) is 1. The molecule has 0 aromatic heterocycles. The number of piperidine rings is 1. The molecule has 1 aliphatic rings. The van der Waals surface area contributed by atoms with Crippen LogP contribution < -0.4 is 10.6 Å². The highest BCUT2D eigenvalue weighted by molar-refractivity contribution is 14.0. The molecule has 1 heterocycles. The minimum absolute atomic E-state index is 0. The van der Waals surface area contributed by atoms with E-state index in [-0.39, 0.29) is 29.4 Å². The van der Waals surface area contributed by atoms with E-state index in [1.165, 1.54) is 11.1 Å². The molecular weight excluding hydrogens is 475 g/mol. The summed E-state index contributed by atoms with van der Waals surface area (Å²) in [6.07, 6.45) is 3.45. The lowest BCUT2D eigenvalue weighted by atomic mass is 9.87. The summed E-state index contributed by atoms with van der Waals surface area (Å²) in [5, 5.41) is 7.04. The van der Waals surface area contributed by atoms with Crippen molar-refractivity contribution in [3.05, 3.63) is 35.4 Å². The van der Waals surface area contributed by atoms with E-state index in [4.69, 9.17) is 9.73 Å². The number of ether oxygens (including phenoxy) is 1. The molecule has 1 aromatic rings. The summed E-state index contributed by atoms with van der Waals surface area (Å²) in [5.74, 6) is 0.931. The van der Waals surface area contributed by atoms with Gasteiger partial charge < -0.3 is 20.3 Å². The van der Waals surface area contributed by atoms with Crippen LogP contribution in [-0.2, 0) is 16.7 Å². The first-order valence-corrected chi connectivity index (χ1v) is 10.8. The molecule has 1 aromatic carbocycles. The van der Waals surface area contributed by atoms with Crippen molar-refractivity contribution in [3.8, 4) is 0 Å². The van der Waals surface area contributed by atoms with Gasteiger partial charge in [-0.15, -0.1) is 24.0 Å². The molecule has 2 N–H and O–H groups in total. The first kappa shape index (κ1) is 26.2. The lowest BCUT2D eigenvalue weighted by molar-refractivity contribution is 0.155. The molecule has 0 unspecified atom stereocenters. The maximum Gasteiger partial charge on any atom is 0.191 e. The molecule has 0 aliphatic carbocycles. The normalized spacial score (nSPS) is 16.4. The highest BCUT2D eigenvalue weighted by atomic mass is 127. The second-order valence-electron chi connectivity index (χ2n) is 8.75. The van der Waals surface area contributed by atoms with Crippen LogP contribution in [0.5, 0.6) is 0 Å². The fourth-order valence-electron chi connectivity index (χ4n) is 3.53. The van der Waals surface area contributed by atoms with Crippen molar-refractivity contribution in [2.24, 2.45) is 4.99 Å². The number of guanidine groups is 1. The van der Waals surface area contributed by atoms with Gasteiger partial charge in [0, 0.05) is 45.9 Å². The molecule has 166 valence electrons. The number of halogens is 1. The Bertz CT molecular complexity index is 590. The lowest BCUT2D eigenvalue weighted by Crippen LogP contribution is -2.48. The second kappa shape index (κ2) is 13.4. The van der Waals surface area contributed by atoms with E-state index in [9.17, 15) is 0 Å². The molecule has 1 aliphatic heterocycles. The quantitative estimate of drug-likeness (QED) is 0.236. The molecule has 1 fully saturated rings. The summed E-state index contributed by atoms with van der Waals surface area (Å²) in [5.41, 5.74) is 2.80. The van der Waals surface area contributed by atoms with E-state index in [0.29, 0.717) is 12.6 Å². The molecule has 6 heteroatoms. The van der Waals surface area contributed by atoms with Gasteiger partial charge in [-0.3, -0.25) is 0 Å². The van der Waals surface area contributed by atoms with Crippen molar-refractivity contribution in [3.63, 3.8) is 0 Å². The third-order valence-electron chi connectivity index (χ3n) is 5.34. The van der Waals surface area contributed by atoms with Crippen molar-refractivity contribution < 1.29 is 4.74 Å². The Morgan fingerprint density at radius 2 is 1.83 bits per heavy atom. The third-order valence-corrected chi connectivity index (χ3v) is 5.34. The largest absolute Gasteiger partial charge is 0.385 e. The van der Waals surface area contributed by atoms with E-state index >= 15 is 0 Å². The maximum atomic E-state index is 5.16. The van der Waals surface area contributed by atoms with Crippen LogP contribution in [0.3, 0.4) is 0 Å². The molecule has 0 spiro atoms. The van der Waals surface area contributed by atoms with Crippen LogP contribution in [0.1, 0.15) is 58.1 Å². The van der Waals surface area contributed by atoms with E-state index in [1.54, 1.807) is 7.11 Å². The Hall–Kier alpha value is -0.860. The number of rotatable bonds is 8. The molecule has 0 bridgehead atoms. The van der Waals surface area contributed by atoms with Crippen molar-refractivity contribution in [1.82, 2.24) is 15.5 Å². The zero-order chi connectivity index (χ0) is 20.4. The van der Waals surface area contributed by atoms with Gasteiger partial charge in [-0.05, 0) is 42.7 Å². The fourth-order valence-corrected chi connectivity index (χ4v) is 3.53. The summed E-state index contributed by atoms with van der Waals surface area (Å²) in [4.78, 5) is 7.35. The average molecular weight is 517 g/mol. The molecule has 0 atom stereocenters. The fraction of sp³-hybridized carbons (Fsp3) is 0.696. The van der Waals surface area contributed by atoms with Crippen molar-refractivity contribution in [2.45, 2.75) is 65.0 Å². The molecule has 2 rings (SSSR count). The van der Waals surface area contributed by atoms with Gasteiger partial charge in [-0.2, -0.15) is 0 Å². The zero-order valence-corrected chi connectivity index (χ0v) is 21.3. The number of aliphatic imine (C=N–C) groups is 1. The van der Waals surface area contributed by atoms with E-state index in [2.05, 4.69) is 67.5 Å². The topological polar surface area (TPSA) is 48.9 Å². The number of nitrogens with one attached hydrogen (secondary N) is 2. The smallest absolute Gasteiger partial charge is 0.191 e. The average Bonchev–Trinajstić information content (AvgIpc) is 2.67. The Balaban J connectivity index is 0.00000420. The molecule has 1 saturated heterocycles. The first-order valence-electron chi connectivity index (χ1n) is 10.8. The van der Waals surface area contributed by atoms with Crippen molar-refractivity contribution >= 4 is 29.9 Å². The van der Waals surface area contributed by atoms with Gasteiger partial charge >= 0.3 is 0 Å². The molecule has 5 nitrogen and oxygen atoms in total. The highest BCUT2D eigenvalue weighted by Gasteiger charge is 2.19. The van der Waals surface area contributed by atoms with Gasteiger partial charge in [0.05, 0.1) is 6.54 Å². The predicted octanol–water partition coefficient (Wildman–Crippen LogP) is 4.16. The minimum atomic E-state index is 0. The Morgan fingerprint density at radius 1 is 1.17 bits per heavy atom. The van der Waals surface area contributed by atoms with Gasteiger partial charge in [0.25, 0.3) is 0 Å². The van der Waals surface area contributed by atoms with Crippen LogP contribution in [0.4, 0.5) is 0 Å². The monoisotopic (exact) mass is 516 g/mol. The highest BCUT2D eigenvalue weighted by Crippen LogP contribution is 2.22. The Kier molecular flexibility index (Phi) is 12.1. The summed E-state index contributed by atoms with van der Waals surface area (Å²) < 4.78 is 5.16. The van der Waals surface area contributed by atoms with E-state index < -0.39 is 0 Å². The maximum absolute atomic E-state index is 5.16. The number of benzene rings is 1. The van der Waals surface area contributed by atoms with Crippen LogP contribution in [0.25, 0.3) is 0 Å². The minimum Gasteiger partial charge on any atom is -0.385 e. The van der Waals surface area contributed by atoms with Gasteiger partial charge in [-0.25, -0.2) is 4.99 Å². The number of hydrogen-bond donors (Lipinski definition) is 2. The zero-order valence-electron chi connectivity index (χ0n) is 19.0. The van der Waals surface area contributed by atoms with Gasteiger partial charge in [-0.1, -0.05) is 45.0 Å². The first-order chi connectivity index (χ1) is 13.4. The predicted molar refractivity (Wildman–Crippen MR) is 134 cm³/mol. The summed E-state index contributed by atoms with van der Waals surface area (Å²) in [6, 6.07) is 9.35. The Morgan fingerprint density at radius 3 is 2.38 bits per heavy atom. The van der Waals surface area contributed by atoms with Crippen LogP contribution in [0.2, 0.25) is 0 Å². The standard InChI is InChI=1S/C23H40N4O.HI/c1-6-24-22(25-18-19-8-10-20(11-9-19)23(2,3)4)26-21-12-15-27(16-13-21)14-7-17-28-5;/h8-11,21H,6-7,12-18H2,1-5H3,(H2,24,25,26);1H.